The second-order valence-electron chi connectivity index (χ2n) is 3.39. The van der Waals surface area contributed by atoms with Gasteiger partial charge in [-0.15, -0.1) is 11.8 Å². The highest BCUT2D eigenvalue weighted by molar-refractivity contribution is 7.99. The van der Waals surface area contributed by atoms with Crippen LogP contribution in [0.4, 0.5) is 4.39 Å². The van der Waals surface area contributed by atoms with Gasteiger partial charge in [-0.25, -0.2) is 4.39 Å². The molecule has 0 fully saturated rings. The Hall–Kier alpha value is -0.540. The predicted molar refractivity (Wildman–Crippen MR) is 62.7 cm³/mol. The number of halogens is 1. The van der Waals surface area contributed by atoms with Crippen LogP contribution in [0.15, 0.2) is 23.1 Å². The van der Waals surface area contributed by atoms with Crippen LogP contribution in [0.3, 0.4) is 0 Å². The molecule has 3 heteroatoms. The van der Waals surface area contributed by atoms with Gasteiger partial charge in [-0.2, -0.15) is 0 Å². The van der Waals surface area contributed by atoms with Gasteiger partial charge in [0.05, 0.1) is 6.10 Å². The minimum atomic E-state index is -0.676. The molecule has 1 rings (SSSR count). The molecule has 1 atom stereocenters. The van der Waals surface area contributed by atoms with Crippen LogP contribution >= 0.6 is 11.8 Å². The molecule has 84 valence electrons. The Morgan fingerprint density at radius 1 is 1.40 bits per heavy atom. The van der Waals surface area contributed by atoms with Crippen LogP contribution in [-0.2, 0) is 0 Å². The van der Waals surface area contributed by atoms with Crippen LogP contribution in [-0.4, -0.2) is 10.9 Å². The minimum Gasteiger partial charge on any atom is -0.388 e. The van der Waals surface area contributed by atoms with E-state index >= 15 is 0 Å². The van der Waals surface area contributed by atoms with Gasteiger partial charge in [0, 0.05) is 10.5 Å². The van der Waals surface area contributed by atoms with Crippen molar-refractivity contribution in [3.8, 4) is 0 Å². The van der Waals surface area contributed by atoms with Crippen molar-refractivity contribution in [3.05, 3.63) is 29.6 Å². The van der Waals surface area contributed by atoms with Crippen LogP contribution in [0.1, 0.15) is 38.4 Å². The van der Waals surface area contributed by atoms with Crippen LogP contribution in [0, 0.1) is 5.82 Å². The highest BCUT2D eigenvalue weighted by Gasteiger charge is 2.16. The van der Waals surface area contributed by atoms with Crippen LogP contribution in [0.25, 0.3) is 0 Å². The maximum absolute atomic E-state index is 13.6. The molecule has 1 N–H and O–H groups in total. The van der Waals surface area contributed by atoms with E-state index in [0.717, 1.165) is 17.1 Å². The normalized spacial score (nSPS) is 12.8. The molecular formula is C12H17FOS. The number of hydrogen-bond acceptors (Lipinski definition) is 2. The summed E-state index contributed by atoms with van der Waals surface area (Å²) in [5.74, 6) is 0.587. The summed E-state index contributed by atoms with van der Waals surface area (Å²) in [7, 11) is 0. The van der Waals surface area contributed by atoms with E-state index in [-0.39, 0.29) is 5.82 Å². The van der Waals surface area contributed by atoms with Crippen LogP contribution in [0.5, 0.6) is 0 Å². The smallest absolute Gasteiger partial charge is 0.130 e. The first-order valence-electron chi connectivity index (χ1n) is 5.30. The average Bonchev–Trinajstić information content (AvgIpc) is 2.18. The summed E-state index contributed by atoms with van der Waals surface area (Å²) < 4.78 is 13.6. The lowest BCUT2D eigenvalue weighted by Crippen LogP contribution is -2.02. The zero-order valence-corrected chi connectivity index (χ0v) is 9.98. The second kappa shape index (κ2) is 6.13. The number of thioether (sulfide) groups is 1. The van der Waals surface area contributed by atoms with Gasteiger partial charge in [0.2, 0.25) is 0 Å². The van der Waals surface area contributed by atoms with Crippen molar-refractivity contribution < 1.29 is 9.50 Å². The Morgan fingerprint density at radius 2 is 2.13 bits per heavy atom. The molecule has 0 amide bonds. The molecule has 15 heavy (non-hydrogen) atoms. The minimum absolute atomic E-state index is 0.297. The number of rotatable bonds is 5. The van der Waals surface area contributed by atoms with E-state index in [1.165, 1.54) is 6.07 Å². The van der Waals surface area contributed by atoms with E-state index < -0.39 is 6.10 Å². The SMILES string of the molecule is CCC[C@H](O)c1c(F)cccc1SCC. The molecule has 0 radical (unpaired) electrons. The van der Waals surface area contributed by atoms with Crippen molar-refractivity contribution in [2.45, 2.75) is 37.7 Å². The van der Waals surface area contributed by atoms with Crippen molar-refractivity contribution in [1.29, 1.82) is 0 Å². The molecule has 0 heterocycles. The van der Waals surface area contributed by atoms with Crippen molar-refractivity contribution in [2.75, 3.05) is 5.75 Å². The predicted octanol–water partition coefficient (Wildman–Crippen LogP) is 3.77. The molecule has 1 nitrogen and oxygen atoms in total. The number of aliphatic hydroxyl groups is 1. The highest BCUT2D eigenvalue weighted by atomic mass is 32.2. The van der Waals surface area contributed by atoms with Gasteiger partial charge in [-0.1, -0.05) is 26.3 Å². The lowest BCUT2D eigenvalue weighted by molar-refractivity contribution is 0.159. The summed E-state index contributed by atoms with van der Waals surface area (Å²) in [6.45, 7) is 4.00. The number of hydrogen-bond donors (Lipinski definition) is 1. The quantitative estimate of drug-likeness (QED) is 0.774. The molecule has 0 saturated heterocycles. The lowest BCUT2D eigenvalue weighted by atomic mass is 10.0. The van der Waals surface area contributed by atoms with E-state index in [2.05, 4.69) is 0 Å². The van der Waals surface area contributed by atoms with E-state index in [1.54, 1.807) is 17.8 Å². The molecule has 0 aliphatic heterocycles. The summed E-state index contributed by atoms with van der Waals surface area (Å²) in [6.07, 6.45) is 0.787. The Bertz CT molecular complexity index is 314. The zero-order valence-electron chi connectivity index (χ0n) is 9.16. The van der Waals surface area contributed by atoms with Crippen molar-refractivity contribution >= 4 is 11.8 Å². The van der Waals surface area contributed by atoms with E-state index in [1.807, 2.05) is 19.9 Å². The number of aliphatic hydroxyl groups excluding tert-OH is 1. The van der Waals surface area contributed by atoms with Gasteiger partial charge in [0.15, 0.2) is 0 Å². The first-order chi connectivity index (χ1) is 7.20. The summed E-state index contributed by atoms with van der Waals surface area (Å²) >= 11 is 1.57. The molecule has 0 spiro atoms. The zero-order chi connectivity index (χ0) is 11.3. The molecule has 0 saturated carbocycles. The fourth-order valence-electron chi connectivity index (χ4n) is 1.54. The number of benzene rings is 1. The average molecular weight is 228 g/mol. The third kappa shape index (κ3) is 3.21. The molecule has 1 aromatic carbocycles. The van der Waals surface area contributed by atoms with E-state index in [4.69, 9.17) is 0 Å². The highest BCUT2D eigenvalue weighted by Crippen LogP contribution is 2.31. The molecule has 0 aromatic heterocycles. The first kappa shape index (κ1) is 12.5. The molecule has 0 aliphatic carbocycles. The van der Waals surface area contributed by atoms with E-state index in [9.17, 15) is 9.50 Å². The van der Waals surface area contributed by atoms with Gasteiger partial charge in [0.25, 0.3) is 0 Å². The summed E-state index contributed by atoms with van der Waals surface area (Å²) in [6, 6.07) is 4.97. The fraction of sp³-hybridized carbons (Fsp3) is 0.500. The van der Waals surface area contributed by atoms with Crippen LogP contribution in [0.2, 0.25) is 0 Å². The third-order valence-electron chi connectivity index (χ3n) is 2.21. The van der Waals surface area contributed by atoms with Gasteiger partial charge in [0.1, 0.15) is 5.82 Å². The Labute approximate surface area is 94.7 Å². The summed E-state index contributed by atoms with van der Waals surface area (Å²) in [5.41, 5.74) is 0.464. The Kier molecular flexibility index (Phi) is 5.12. The van der Waals surface area contributed by atoms with Crippen molar-refractivity contribution in [1.82, 2.24) is 0 Å². The lowest BCUT2D eigenvalue weighted by Gasteiger charge is -2.15. The van der Waals surface area contributed by atoms with Gasteiger partial charge in [-0.05, 0) is 24.3 Å². The monoisotopic (exact) mass is 228 g/mol. The largest absolute Gasteiger partial charge is 0.388 e. The van der Waals surface area contributed by atoms with Crippen molar-refractivity contribution in [3.63, 3.8) is 0 Å². The summed E-state index contributed by atoms with van der Waals surface area (Å²) in [4.78, 5) is 0.860. The van der Waals surface area contributed by atoms with E-state index in [0.29, 0.717) is 12.0 Å². The van der Waals surface area contributed by atoms with Gasteiger partial charge >= 0.3 is 0 Å². The molecule has 0 unspecified atom stereocenters. The topological polar surface area (TPSA) is 20.2 Å². The first-order valence-corrected chi connectivity index (χ1v) is 6.28. The molecular weight excluding hydrogens is 211 g/mol. The molecule has 0 bridgehead atoms. The molecule has 1 aromatic rings. The second-order valence-corrected chi connectivity index (χ2v) is 4.69. The van der Waals surface area contributed by atoms with Crippen molar-refractivity contribution in [2.24, 2.45) is 0 Å². The standard InChI is InChI=1S/C12H17FOS/c1-3-6-10(14)12-9(13)7-5-8-11(12)15-4-2/h5,7-8,10,14H,3-4,6H2,1-2H3/t10-/m0/s1. The molecule has 0 aliphatic rings. The maximum Gasteiger partial charge on any atom is 0.130 e. The fourth-order valence-corrected chi connectivity index (χ4v) is 2.41. The Balaban J connectivity index is 3.00. The maximum atomic E-state index is 13.6. The van der Waals surface area contributed by atoms with Gasteiger partial charge < -0.3 is 5.11 Å². The summed E-state index contributed by atoms with van der Waals surface area (Å²) in [5, 5.41) is 9.86. The van der Waals surface area contributed by atoms with Crippen LogP contribution < -0.4 is 0 Å². The van der Waals surface area contributed by atoms with Gasteiger partial charge in [-0.3, -0.25) is 0 Å². The Morgan fingerprint density at radius 3 is 2.73 bits per heavy atom. The third-order valence-corrected chi connectivity index (χ3v) is 3.16.